The summed E-state index contributed by atoms with van der Waals surface area (Å²) >= 11 is 0. The van der Waals surface area contributed by atoms with Crippen LogP contribution >= 0.6 is 0 Å². The van der Waals surface area contributed by atoms with Crippen molar-refractivity contribution in [1.29, 1.82) is 0 Å². The number of benzene rings is 1. The number of aliphatic hydroxyl groups is 1. The number of nitrogen functional groups attached to an aromatic ring is 1. The quantitative estimate of drug-likeness (QED) is 0.761. The molecule has 6 heteroatoms. The van der Waals surface area contributed by atoms with E-state index in [0.29, 0.717) is 18.1 Å². The SMILES string of the molecule is CC(C)(O)Cn1nnc(-c2ccc(N)cc2)n1. The minimum absolute atomic E-state index is 0.301. The monoisotopic (exact) mass is 233 g/mol. The Bertz CT molecular complexity index is 497. The molecule has 0 aliphatic rings. The highest BCUT2D eigenvalue weighted by atomic mass is 16.3. The van der Waals surface area contributed by atoms with Crippen molar-refractivity contribution in [2.45, 2.75) is 26.0 Å². The molecule has 1 aromatic heterocycles. The zero-order chi connectivity index (χ0) is 12.5. The second-order valence-electron chi connectivity index (χ2n) is 4.58. The maximum absolute atomic E-state index is 9.64. The van der Waals surface area contributed by atoms with Gasteiger partial charge < -0.3 is 10.8 Å². The van der Waals surface area contributed by atoms with E-state index in [-0.39, 0.29) is 0 Å². The van der Waals surface area contributed by atoms with Crippen LogP contribution in [0.2, 0.25) is 0 Å². The zero-order valence-electron chi connectivity index (χ0n) is 9.83. The Balaban J connectivity index is 2.21. The summed E-state index contributed by atoms with van der Waals surface area (Å²) in [6, 6.07) is 7.24. The predicted molar refractivity (Wildman–Crippen MR) is 64.0 cm³/mol. The lowest BCUT2D eigenvalue weighted by molar-refractivity contribution is 0.0526. The van der Waals surface area contributed by atoms with Crippen LogP contribution in [0.15, 0.2) is 24.3 Å². The average molecular weight is 233 g/mol. The van der Waals surface area contributed by atoms with Crippen molar-refractivity contribution >= 4 is 5.69 Å². The smallest absolute Gasteiger partial charge is 0.204 e. The first-order valence-corrected chi connectivity index (χ1v) is 5.30. The molecule has 2 rings (SSSR count). The van der Waals surface area contributed by atoms with E-state index in [9.17, 15) is 5.11 Å². The van der Waals surface area contributed by atoms with E-state index in [1.807, 2.05) is 12.1 Å². The summed E-state index contributed by atoms with van der Waals surface area (Å²) in [4.78, 5) is 1.38. The van der Waals surface area contributed by atoms with Crippen LogP contribution < -0.4 is 5.73 Å². The number of hydrogen-bond acceptors (Lipinski definition) is 5. The predicted octanol–water partition coefficient (Wildman–Crippen LogP) is 0.693. The molecule has 6 nitrogen and oxygen atoms in total. The summed E-state index contributed by atoms with van der Waals surface area (Å²) in [6.45, 7) is 3.69. The van der Waals surface area contributed by atoms with E-state index in [1.54, 1.807) is 26.0 Å². The van der Waals surface area contributed by atoms with E-state index >= 15 is 0 Å². The van der Waals surface area contributed by atoms with E-state index < -0.39 is 5.60 Å². The van der Waals surface area contributed by atoms with E-state index in [4.69, 9.17) is 5.73 Å². The van der Waals surface area contributed by atoms with Crippen molar-refractivity contribution in [3.63, 3.8) is 0 Å². The van der Waals surface area contributed by atoms with Gasteiger partial charge in [0.1, 0.15) is 0 Å². The molecule has 0 saturated heterocycles. The van der Waals surface area contributed by atoms with Gasteiger partial charge in [0, 0.05) is 11.3 Å². The minimum atomic E-state index is -0.862. The van der Waals surface area contributed by atoms with Crippen LogP contribution in [0.1, 0.15) is 13.8 Å². The summed E-state index contributed by atoms with van der Waals surface area (Å²) in [5.74, 6) is 0.522. The van der Waals surface area contributed by atoms with Crippen LogP contribution in [0.4, 0.5) is 5.69 Å². The highest BCUT2D eigenvalue weighted by Crippen LogP contribution is 2.15. The van der Waals surface area contributed by atoms with Crippen LogP contribution in [0.25, 0.3) is 11.4 Å². The van der Waals surface area contributed by atoms with Crippen molar-refractivity contribution in [3.8, 4) is 11.4 Å². The fourth-order valence-electron chi connectivity index (χ4n) is 1.40. The first-order valence-electron chi connectivity index (χ1n) is 5.30. The number of nitrogens with two attached hydrogens (primary N) is 1. The van der Waals surface area contributed by atoms with Gasteiger partial charge in [-0.1, -0.05) is 0 Å². The molecule has 17 heavy (non-hydrogen) atoms. The third-order valence-electron chi connectivity index (χ3n) is 2.15. The summed E-state index contributed by atoms with van der Waals surface area (Å²) < 4.78 is 0. The number of nitrogens with zero attached hydrogens (tertiary/aromatic N) is 4. The Kier molecular flexibility index (Phi) is 2.81. The number of rotatable bonds is 3. The topological polar surface area (TPSA) is 89.8 Å². The van der Waals surface area contributed by atoms with Gasteiger partial charge in [0.15, 0.2) is 0 Å². The molecule has 0 aliphatic heterocycles. The fraction of sp³-hybridized carbons (Fsp3) is 0.364. The molecule has 2 aromatic rings. The molecule has 0 aliphatic carbocycles. The maximum Gasteiger partial charge on any atom is 0.204 e. The molecule has 1 aromatic carbocycles. The second-order valence-corrected chi connectivity index (χ2v) is 4.58. The summed E-state index contributed by atoms with van der Waals surface area (Å²) in [7, 11) is 0. The van der Waals surface area contributed by atoms with Crippen molar-refractivity contribution in [1.82, 2.24) is 20.2 Å². The Hall–Kier alpha value is -1.95. The van der Waals surface area contributed by atoms with Gasteiger partial charge in [-0.3, -0.25) is 0 Å². The van der Waals surface area contributed by atoms with Crippen LogP contribution in [0, 0.1) is 0 Å². The lowest BCUT2D eigenvalue weighted by atomic mass is 10.1. The molecular weight excluding hydrogens is 218 g/mol. The van der Waals surface area contributed by atoms with Crippen molar-refractivity contribution < 1.29 is 5.11 Å². The third-order valence-corrected chi connectivity index (χ3v) is 2.15. The van der Waals surface area contributed by atoms with Crippen LogP contribution in [-0.2, 0) is 6.54 Å². The minimum Gasteiger partial charge on any atom is -0.399 e. The molecule has 0 atom stereocenters. The molecule has 0 saturated carbocycles. The highest BCUT2D eigenvalue weighted by molar-refractivity contribution is 5.57. The van der Waals surface area contributed by atoms with Gasteiger partial charge in [0.2, 0.25) is 5.82 Å². The molecular formula is C11H15N5O. The molecule has 0 unspecified atom stereocenters. The zero-order valence-corrected chi connectivity index (χ0v) is 9.83. The van der Waals surface area contributed by atoms with Gasteiger partial charge in [-0.2, -0.15) is 4.80 Å². The van der Waals surface area contributed by atoms with E-state index in [0.717, 1.165) is 5.56 Å². The van der Waals surface area contributed by atoms with Crippen molar-refractivity contribution in [3.05, 3.63) is 24.3 Å². The number of aromatic nitrogens is 4. The second kappa shape index (κ2) is 4.14. The molecule has 0 amide bonds. The first kappa shape index (κ1) is 11.5. The standard InChI is InChI=1S/C11H15N5O/c1-11(2,17)7-16-14-10(13-15-16)8-3-5-9(12)6-4-8/h3-6,17H,7,12H2,1-2H3. The van der Waals surface area contributed by atoms with Gasteiger partial charge >= 0.3 is 0 Å². The fourth-order valence-corrected chi connectivity index (χ4v) is 1.40. The summed E-state index contributed by atoms with van der Waals surface area (Å²) in [5, 5.41) is 21.6. The van der Waals surface area contributed by atoms with E-state index in [2.05, 4.69) is 15.4 Å². The number of anilines is 1. The van der Waals surface area contributed by atoms with Crippen molar-refractivity contribution in [2.24, 2.45) is 0 Å². The summed E-state index contributed by atoms with van der Waals surface area (Å²) in [6.07, 6.45) is 0. The highest BCUT2D eigenvalue weighted by Gasteiger charge is 2.16. The lowest BCUT2D eigenvalue weighted by Crippen LogP contribution is -2.27. The molecule has 90 valence electrons. The molecule has 0 radical (unpaired) electrons. The molecule has 0 spiro atoms. The average Bonchev–Trinajstić information content (AvgIpc) is 2.64. The van der Waals surface area contributed by atoms with Gasteiger partial charge in [0.25, 0.3) is 0 Å². The van der Waals surface area contributed by atoms with Crippen LogP contribution in [-0.4, -0.2) is 30.9 Å². The Labute approximate surface area is 99.1 Å². The van der Waals surface area contributed by atoms with Gasteiger partial charge in [0.05, 0.1) is 12.1 Å². The molecule has 0 fully saturated rings. The Morgan fingerprint density at radius 2 is 1.94 bits per heavy atom. The molecule has 0 bridgehead atoms. The Morgan fingerprint density at radius 3 is 2.53 bits per heavy atom. The largest absolute Gasteiger partial charge is 0.399 e. The third kappa shape index (κ3) is 3.01. The Morgan fingerprint density at radius 1 is 1.29 bits per heavy atom. The van der Waals surface area contributed by atoms with Crippen LogP contribution in [0.5, 0.6) is 0 Å². The van der Waals surface area contributed by atoms with Crippen molar-refractivity contribution in [2.75, 3.05) is 5.73 Å². The summed E-state index contributed by atoms with van der Waals surface area (Å²) in [5.41, 5.74) is 6.28. The number of tetrazole rings is 1. The number of hydrogen-bond donors (Lipinski definition) is 2. The molecule has 1 heterocycles. The maximum atomic E-state index is 9.64. The lowest BCUT2D eigenvalue weighted by Gasteiger charge is -2.14. The first-order chi connectivity index (χ1) is 7.94. The normalized spacial score (nSPS) is 11.7. The van der Waals surface area contributed by atoms with Gasteiger partial charge in [-0.25, -0.2) is 0 Å². The van der Waals surface area contributed by atoms with Gasteiger partial charge in [-0.05, 0) is 43.3 Å². The molecule has 3 N–H and O–H groups in total. The van der Waals surface area contributed by atoms with Crippen LogP contribution in [0.3, 0.4) is 0 Å². The van der Waals surface area contributed by atoms with E-state index in [1.165, 1.54) is 4.80 Å². The van der Waals surface area contributed by atoms with Gasteiger partial charge in [-0.15, -0.1) is 10.2 Å².